The zero-order valence-corrected chi connectivity index (χ0v) is 15.6. The van der Waals surface area contributed by atoms with Crippen LogP contribution in [0.15, 0.2) is 59.5 Å². The molecule has 0 aliphatic carbocycles. The number of nitrogens with zero attached hydrogens (tertiary/aromatic N) is 3. The van der Waals surface area contributed by atoms with E-state index in [2.05, 4.69) is 15.0 Å². The van der Waals surface area contributed by atoms with E-state index in [-0.39, 0.29) is 5.75 Å². The maximum Gasteiger partial charge on any atom is 0.291 e. The van der Waals surface area contributed by atoms with Gasteiger partial charge in [0.15, 0.2) is 11.4 Å². The molecule has 28 heavy (non-hydrogen) atoms. The Labute approximate surface area is 163 Å². The Hall–Kier alpha value is -3.58. The second kappa shape index (κ2) is 6.24. The van der Waals surface area contributed by atoms with Gasteiger partial charge in [-0.1, -0.05) is 12.1 Å². The first-order chi connectivity index (χ1) is 13.6. The monoisotopic (exact) mass is 386 g/mol. The first kappa shape index (κ1) is 16.6. The van der Waals surface area contributed by atoms with Crippen molar-refractivity contribution in [1.82, 2.24) is 19.9 Å². The highest BCUT2D eigenvalue weighted by Gasteiger charge is 2.16. The minimum absolute atomic E-state index is 0.343. The fourth-order valence-corrected chi connectivity index (χ4v) is 4.02. The first-order valence-corrected chi connectivity index (χ1v) is 9.46. The summed E-state index contributed by atoms with van der Waals surface area (Å²) in [4.78, 5) is 30.3. The molecule has 0 atom stereocenters. The Morgan fingerprint density at radius 3 is 2.71 bits per heavy atom. The third-order valence-electron chi connectivity index (χ3n) is 4.51. The number of aromatic hydroxyl groups is 1. The Morgan fingerprint density at radius 2 is 1.89 bits per heavy atom. The molecule has 7 heteroatoms. The molecule has 0 amide bonds. The van der Waals surface area contributed by atoms with E-state index in [1.807, 2.05) is 49.4 Å². The fraction of sp³-hybridized carbons (Fsp3) is 0.0476. The molecule has 0 unspecified atom stereocenters. The summed E-state index contributed by atoms with van der Waals surface area (Å²) in [5.74, 6) is -0.379. The van der Waals surface area contributed by atoms with Gasteiger partial charge in [0.2, 0.25) is 0 Å². The summed E-state index contributed by atoms with van der Waals surface area (Å²) in [6, 6.07) is 15.2. The smallest absolute Gasteiger partial charge is 0.291 e. The number of H-pyrrole nitrogens is 1. The van der Waals surface area contributed by atoms with Crippen LogP contribution in [0.25, 0.3) is 43.9 Å². The second-order valence-electron chi connectivity index (χ2n) is 6.46. The summed E-state index contributed by atoms with van der Waals surface area (Å²) in [7, 11) is 0. The van der Waals surface area contributed by atoms with E-state index >= 15 is 0 Å². The summed E-state index contributed by atoms with van der Waals surface area (Å²) in [5.41, 5.74) is 3.35. The van der Waals surface area contributed by atoms with Crippen LogP contribution in [0.1, 0.15) is 4.88 Å². The molecule has 0 radical (unpaired) electrons. The lowest BCUT2D eigenvalue weighted by atomic mass is 10.1. The maximum atomic E-state index is 11.8. The third kappa shape index (κ3) is 2.73. The standard InChI is InChI=1S/C21H14N4O2S/c1-11-4-7-17(28-11)19-18(13-5-6-14-12(9-13)3-2-8-22-14)23-15-10-16(26)21(27)25-20(15)24-19/h2-10,26H,1H3,(H,24,25,27). The average Bonchev–Trinajstić information content (AvgIpc) is 3.14. The zero-order chi connectivity index (χ0) is 19.3. The van der Waals surface area contributed by atoms with Crippen molar-refractivity contribution in [2.24, 2.45) is 0 Å². The average molecular weight is 386 g/mol. The number of hydrogen-bond donors (Lipinski definition) is 2. The summed E-state index contributed by atoms with van der Waals surface area (Å²) < 4.78 is 0. The van der Waals surface area contributed by atoms with Crippen molar-refractivity contribution in [1.29, 1.82) is 0 Å². The molecule has 0 bridgehead atoms. The van der Waals surface area contributed by atoms with Crippen molar-refractivity contribution in [3.05, 3.63) is 70.0 Å². The molecule has 0 aliphatic heterocycles. The van der Waals surface area contributed by atoms with Gasteiger partial charge in [0.25, 0.3) is 5.56 Å². The lowest BCUT2D eigenvalue weighted by molar-refractivity contribution is 0.467. The van der Waals surface area contributed by atoms with Crippen LogP contribution in [-0.4, -0.2) is 25.0 Å². The Balaban J connectivity index is 1.83. The minimum Gasteiger partial charge on any atom is -0.503 e. The Morgan fingerprint density at radius 1 is 1.00 bits per heavy atom. The molecular formula is C21H14N4O2S. The van der Waals surface area contributed by atoms with Gasteiger partial charge in [-0.2, -0.15) is 0 Å². The number of hydrogen-bond acceptors (Lipinski definition) is 6. The highest BCUT2D eigenvalue weighted by molar-refractivity contribution is 7.15. The largest absolute Gasteiger partial charge is 0.503 e. The van der Waals surface area contributed by atoms with Crippen LogP contribution in [0, 0.1) is 6.92 Å². The number of aromatic amines is 1. The molecule has 2 N–H and O–H groups in total. The van der Waals surface area contributed by atoms with Crippen molar-refractivity contribution in [2.75, 3.05) is 0 Å². The van der Waals surface area contributed by atoms with E-state index in [0.29, 0.717) is 22.6 Å². The summed E-state index contributed by atoms with van der Waals surface area (Å²) in [6.45, 7) is 2.03. The van der Waals surface area contributed by atoms with Gasteiger partial charge in [-0.3, -0.25) is 9.78 Å². The molecule has 136 valence electrons. The van der Waals surface area contributed by atoms with Crippen molar-refractivity contribution in [2.45, 2.75) is 6.92 Å². The summed E-state index contributed by atoms with van der Waals surface area (Å²) in [6.07, 6.45) is 1.76. The minimum atomic E-state index is -0.584. The van der Waals surface area contributed by atoms with Gasteiger partial charge in [0.1, 0.15) is 11.2 Å². The molecule has 6 nitrogen and oxygen atoms in total. The molecular weight excluding hydrogens is 372 g/mol. The van der Waals surface area contributed by atoms with E-state index in [1.165, 1.54) is 6.07 Å². The molecule has 4 aromatic heterocycles. The predicted molar refractivity (Wildman–Crippen MR) is 111 cm³/mol. The zero-order valence-electron chi connectivity index (χ0n) is 14.8. The van der Waals surface area contributed by atoms with E-state index in [9.17, 15) is 9.90 Å². The third-order valence-corrected chi connectivity index (χ3v) is 5.52. The van der Waals surface area contributed by atoms with Gasteiger partial charge in [-0.25, -0.2) is 9.97 Å². The lowest BCUT2D eigenvalue weighted by Crippen LogP contribution is -2.07. The van der Waals surface area contributed by atoms with Crippen LogP contribution >= 0.6 is 11.3 Å². The van der Waals surface area contributed by atoms with E-state index in [4.69, 9.17) is 4.98 Å². The molecule has 5 aromatic rings. The van der Waals surface area contributed by atoms with E-state index < -0.39 is 5.56 Å². The maximum absolute atomic E-state index is 11.8. The topological polar surface area (TPSA) is 91.8 Å². The number of fused-ring (bicyclic) bond motifs is 2. The number of nitrogens with one attached hydrogen (secondary N) is 1. The normalized spacial score (nSPS) is 11.3. The van der Waals surface area contributed by atoms with Crippen LogP contribution in [0.2, 0.25) is 0 Å². The predicted octanol–water partition coefficient (Wildman–Crippen LogP) is 4.28. The van der Waals surface area contributed by atoms with Gasteiger partial charge in [0.05, 0.1) is 16.1 Å². The van der Waals surface area contributed by atoms with Gasteiger partial charge in [-0.05, 0) is 37.3 Å². The van der Waals surface area contributed by atoms with Crippen LogP contribution in [0.3, 0.4) is 0 Å². The van der Waals surface area contributed by atoms with Crippen LogP contribution < -0.4 is 5.56 Å². The van der Waals surface area contributed by atoms with Crippen LogP contribution in [0.4, 0.5) is 0 Å². The Bertz CT molecular complexity index is 1420. The van der Waals surface area contributed by atoms with E-state index in [0.717, 1.165) is 26.2 Å². The highest BCUT2D eigenvalue weighted by Crippen LogP contribution is 2.35. The SMILES string of the molecule is Cc1ccc(-c2nc3[nH]c(=O)c(O)cc3nc2-c2ccc3ncccc3c2)s1. The first-order valence-electron chi connectivity index (χ1n) is 8.64. The lowest BCUT2D eigenvalue weighted by Gasteiger charge is -2.10. The van der Waals surface area contributed by atoms with Gasteiger partial charge in [0, 0.05) is 28.1 Å². The van der Waals surface area contributed by atoms with Crippen molar-refractivity contribution in [3.63, 3.8) is 0 Å². The molecule has 4 heterocycles. The molecule has 0 fully saturated rings. The van der Waals surface area contributed by atoms with Crippen molar-refractivity contribution >= 4 is 33.4 Å². The molecule has 5 rings (SSSR count). The van der Waals surface area contributed by atoms with Crippen molar-refractivity contribution < 1.29 is 5.11 Å². The molecule has 0 spiro atoms. The van der Waals surface area contributed by atoms with Crippen LogP contribution in [0.5, 0.6) is 5.75 Å². The quantitative estimate of drug-likeness (QED) is 0.473. The number of benzene rings is 1. The number of pyridine rings is 2. The van der Waals surface area contributed by atoms with Crippen molar-refractivity contribution in [3.8, 4) is 27.6 Å². The molecule has 0 saturated carbocycles. The number of thiophene rings is 1. The number of rotatable bonds is 2. The summed E-state index contributed by atoms with van der Waals surface area (Å²) in [5, 5.41) is 10.8. The van der Waals surface area contributed by atoms with Gasteiger partial charge >= 0.3 is 0 Å². The second-order valence-corrected chi connectivity index (χ2v) is 7.75. The molecule has 1 aromatic carbocycles. The Kier molecular flexibility index (Phi) is 3.70. The summed E-state index contributed by atoms with van der Waals surface area (Å²) >= 11 is 1.61. The fourth-order valence-electron chi connectivity index (χ4n) is 3.17. The van der Waals surface area contributed by atoms with E-state index in [1.54, 1.807) is 17.5 Å². The number of aromatic nitrogens is 4. The van der Waals surface area contributed by atoms with Gasteiger partial charge < -0.3 is 10.1 Å². The van der Waals surface area contributed by atoms with Crippen LogP contribution in [-0.2, 0) is 0 Å². The number of aryl methyl sites for hydroxylation is 1. The molecule has 0 aliphatic rings. The van der Waals surface area contributed by atoms with Gasteiger partial charge in [-0.15, -0.1) is 11.3 Å². The highest BCUT2D eigenvalue weighted by atomic mass is 32.1. The molecule has 0 saturated heterocycles.